The number of aryl methyl sites for hydroxylation is 1. The zero-order chi connectivity index (χ0) is 23.7. The highest BCUT2D eigenvalue weighted by Crippen LogP contribution is 2.34. The molecule has 0 aliphatic heterocycles. The Kier molecular flexibility index (Phi) is 7.76. The molecule has 0 atom stereocenters. The number of benzene rings is 1. The van der Waals surface area contributed by atoms with E-state index in [2.05, 4.69) is 5.10 Å². The Hall–Kier alpha value is -2.12. The number of carbonyl (C=O) groups excluding carboxylic acids is 1. The molecular formula is C23H31ClN2O4S. The first-order valence-electron chi connectivity index (χ1n) is 10.3. The Balaban J connectivity index is 2.75. The van der Waals surface area contributed by atoms with Crippen LogP contribution >= 0.6 is 11.6 Å². The minimum atomic E-state index is -3.85. The van der Waals surface area contributed by atoms with Crippen molar-refractivity contribution in [2.45, 2.75) is 61.9 Å². The van der Waals surface area contributed by atoms with Gasteiger partial charge in [-0.25, -0.2) is 4.68 Å². The largest absolute Gasteiger partial charge is 0.361 e. The van der Waals surface area contributed by atoms with Gasteiger partial charge in [0.25, 0.3) is 0 Å². The number of aromatic nitrogens is 2. The van der Waals surface area contributed by atoms with Gasteiger partial charge in [-0.05, 0) is 76.3 Å². The number of hydrogen-bond acceptors (Lipinski definition) is 5. The lowest BCUT2D eigenvalue weighted by atomic mass is 9.91. The first kappa shape index (κ1) is 25.1. The maximum Gasteiger partial charge on any atom is 0.310 e. The molecule has 0 amide bonds. The van der Waals surface area contributed by atoms with Gasteiger partial charge < -0.3 is 4.18 Å². The van der Waals surface area contributed by atoms with Crippen LogP contribution in [0.1, 0.15) is 74.3 Å². The molecule has 31 heavy (non-hydrogen) atoms. The maximum atomic E-state index is 13.7. The summed E-state index contributed by atoms with van der Waals surface area (Å²) in [5.41, 5.74) is 4.64. The van der Waals surface area contributed by atoms with Crippen LogP contribution in [0.4, 0.5) is 0 Å². The second-order valence-electron chi connectivity index (χ2n) is 8.32. The molecule has 2 aromatic rings. The van der Waals surface area contributed by atoms with Crippen molar-refractivity contribution in [3.8, 4) is 5.88 Å². The summed E-state index contributed by atoms with van der Waals surface area (Å²) in [5, 5.41) is 4.98. The van der Waals surface area contributed by atoms with Gasteiger partial charge in [0, 0.05) is 17.1 Å². The van der Waals surface area contributed by atoms with Crippen LogP contribution in [0.2, 0.25) is 5.02 Å². The minimum absolute atomic E-state index is 0.0344. The third-order valence-corrected chi connectivity index (χ3v) is 6.62. The van der Waals surface area contributed by atoms with E-state index in [4.69, 9.17) is 15.8 Å². The van der Waals surface area contributed by atoms with Gasteiger partial charge in [0.1, 0.15) is 5.56 Å². The maximum absolute atomic E-state index is 13.7. The van der Waals surface area contributed by atoms with Crippen LogP contribution in [0.15, 0.2) is 17.7 Å². The van der Waals surface area contributed by atoms with Crippen LogP contribution in [0.3, 0.4) is 0 Å². The van der Waals surface area contributed by atoms with Gasteiger partial charge in [-0.2, -0.15) is 13.5 Å². The van der Waals surface area contributed by atoms with Gasteiger partial charge in [-0.1, -0.05) is 31.0 Å². The summed E-state index contributed by atoms with van der Waals surface area (Å²) in [6.07, 6.45) is 0. The molecule has 0 aliphatic rings. The Morgan fingerprint density at radius 1 is 1.16 bits per heavy atom. The number of rotatable bonds is 8. The van der Waals surface area contributed by atoms with E-state index in [9.17, 15) is 13.2 Å². The van der Waals surface area contributed by atoms with Crippen LogP contribution in [0.25, 0.3) is 5.57 Å². The monoisotopic (exact) mass is 466 g/mol. The van der Waals surface area contributed by atoms with Gasteiger partial charge in [-0.15, -0.1) is 0 Å². The van der Waals surface area contributed by atoms with E-state index < -0.39 is 10.1 Å². The number of halogens is 1. The topological polar surface area (TPSA) is 78.3 Å². The van der Waals surface area contributed by atoms with Gasteiger partial charge in [0.2, 0.25) is 11.7 Å². The lowest BCUT2D eigenvalue weighted by Gasteiger charge is -2.16. The number of nitrogens with zero attached hydrogens (tertiary/aromatic N) is 2. The zero-order valence-electron chi connectivity index (χ0n) is 19.5. The number of ketones is 1. The quantitative estimate of drug-likeness (QED) is 0.374. The van der Waals surface area contributed by atoms with Crippen LogP contribution in [-0.2, 0) is 16.7 Å². The highest BCUT2D eigenvalue weighted by Gasteiger charge is 2.29. The van der Waals surface area contributed by atoms with Gasteiger partial charge in [0.15, 0.2) is 0 Å². The van der Waals surface area contributed by atoms with Crippen molar-refractivity contribution in [1.82, 2.24) is 9.78 Å². The lowest BCUT2D eigenvalue weighted by Crippen LogP contribution is -2.18. The first-order chi connectivity index (χ1) is 14.3. The average molecular weight is 467 g/mol. The third-order valence-electron chi connectivity index (χ3n) is 5.19. The molecule has 0 bridgehead atoms. The van der Waals surface area contributed by atoms with E-state index in [-0.39, 0.29) is 28.9 Å². The van der Waals surface area contributed by atoms with Crippen molar-refractivity contribution in [3.05, 3.63) is 50.7 Å². The molecule has 0 saturated carbocycles. The standard InChI is InChI=1S/C23H31ClN2O4S/c1-9-31(28,29)30-23-21(17(8)25-26(23)12-13(2)3)22(27)18-10-11-19(24)20(16(18)7)15(6)14(4)5/h10-11,13H,9,12H2,1-8H3. The normalized spacial score (nSPS) is 11.7. The van der Waals surface area contributed by atoms with E-state index in [1.807, 2.05) is 41.5 Å². The first-order valence-corrected chi connectivity index (χ1v) is 12.2. The van der Waals surface area contributed by atoms with Crippen molar-refractivity contribution in [1.29, 1.82) is 0 Å². The van der Waals surface area contributed by atoms with Crippen molar-refractivity contribution >= 4 is 33.1 Å². The Bertz CT molecular complexity index is 1140. The molecule has 1 aromatic heterocycles. The van der Waals surface area contributed by atoms with E-state index in [0.29, 0.717) is 22.8 Å². The Morgan fingerprint density at radius 3 is 2.29 bits per heavy atom. The fourth-order valence-corrected chi connectivity index (χ4v) is 4.20. The molecule has 0 radical (unpaired) electrons. The van der Waals surface area contributed by atoms with Crippen LogP contribution in [0.5, 0.6) is 5.88 Å². The van der Waals surface area contributed by atoms with Crippen molar-refractivity contribution in [2.75, 3.05) is 5.75 Å². The summed E-state index contributed by atoms with van der Waals surface area (Å²) in [7, 11) is -3.85. The third kappa shape index (κ3) is 5.39. The molecule has 0 N–H and O–H groups in total. The molecule has 8 heteroatoms. The number of allylic oxidation sites excluding steroid dienone is 2. The molecule has 0 saturated heterocycles. The summed E-state index contributed by atoms with van der Waals surface area (Å²) < 4.78 is 31.4. The predicted molar refractivity (Wildman–Crippen MR) is 125 cm³/mol. The fraction of sp³-hybridized carbons (Fsp3) is 0.478. The van der Waals surface area contributed by atoms with Crippen molar-refractivity contribution in [2.24, 2.45) is 5.92 Å². The molecule has 0 fully saturated rings. The molecule has 0 spiro atoms. The second kappa shape index (κ2) is 9.57. The average Bonchev–Trinajstić information content (AvgIpc) is 2.94. The summed E-state index contributed by atoms with van der Waals surface area (Å²) in [6.45, 7) is 15.3. The number of hydrogen-bond donors (Lipinski definition) is 0. The minimum Gasteiger partial charge on any atom is -0.361 e. The van der Waals surface area contributed by atoms with Gasteiger partial charge in [0.05, 0.1) is 11.4 Å². The Labute approximate surface area is 190 Å². The molecule has 170 valence electrons. The summed E-state index contributed by atoms with van der Waals surface area (Å²) in [5.74, 6) is -0.409. The van der Waals surface area contributed by atoms with Gasteiger partial charge in [-0.3, -0.25) is 4.79 Å². The molecule has 1 aromatic carbocycles. The molecule has 1 heterocycles. The SMILES string of the molecule is CCS(=O)(=O)Oc1c(C(=O)c2ccc(Cl)c(C(C)=C(C)C)c2C)c(C)nn1CC(C)C. The summed E-state index contributed by atoms with van der Waals surface area (Å²) >= 11 is 6.46. The van der Waals surface area contributed by atoms with Crippen LogP contribution < -0.4 is 4.18 Å². The number of carbonyl (C=O) groups is 1. The molecular weight excluding hydrogens is 436 g/mol. The van der Waals surface area contributed by atoms with Gasteiger partial charge >= 0.3 is 10.1 Å². The summed E-state index contributed by atoms with van der Waals surface area (Å²) in [6, 6.07) is 3.36. The molecule has 0 unspecified atom stereocenters. The highest BCUT2D eigenvalue weighted by atomic mass is 35.5. The molecule has 6 nitrogen and oxygen atoms in total. The van der Waals surface area contributed by atoms with E-state index in [1.165, 1.54) is 11.6 Å². The van der Waals surface area contributed by atoms with Crippen molar-refractivity contribution in [3.63, 3.8) is 0 Å². The zero-order valence-corrected chi connectivity index (χ0v) is 21.0. The van der Waals surface area contributed by atoms with Crippen LogP contribution in [0, 0.1) is 19.8 Å². The fourth-order valence-electron chi connectivity index (χ4n) is 3.32. The predicted octanol–water partition coefficient (Wildman–Crippen LogP) is 5.58. The van der Waals surface area contributed by atoms with Crippen LogP contribution in [-0.4, -0.2) is 29.7 Å². The van der Waals surface area contributed by atoms with E-state index in [1.54, 1.807) is 19.1 Å². The van der Waals surface area contributed by atoms with E-state index in [0.717, 1.165) is 22.3 Å². The second-order valence-corrected chi connectivity index (χ2v) is 10.6. The highest BCUT2D eigenvalue weighted by molar-refractivity contribution is 7.87. The smallest absolute Gasteiger partial charge is 0.310 e. The molecule has 0 aliphatic carbocycles. The van der Waals surface area contributed by atoms with E-state index >= 15 is 0 Å². The Morgan fingerprint density at radius 2 is 1.77 bits per heavy atom. The molecule has 2 rings (SSSR count). The lowest BCUT2D eigenvalue weighted by molar-refractivity contribution is 0.103. The van der Waals surface area contributed by atoms with Crippen molar-refractivity contribution < 1.29 is 17.4 Å². The summed E-state index contributed by atoms with van der Waals surface area (Å²) in [4.78, 5) is 13.7.